The van der Waals surface area contributed by atoms with Crippen molar-refractivity contribution in [3.8, 4) is 23.0 Å². The fourth-order valence-corrected chi connectivity index (χ4v) is 13.2. The van der Waals surface area contributed by atoms with E-state index in [0.717, 1.165) is 25.7 Å². The number of amides is 8. The van der Waals surface area contributed by atoms with Gasteiger partial charge in [-0.25, -0.2) is 4.79 Å². The zero-order valence-electron chi connectivity index (χ0n) is 73.3. The fourth-order valence-electron chi connectivity index (χ4n) is 13.2. The van der Waals surface area contributed by atoms with E-state index in [2.05, 4.69) is 47.4 Å². The Balaban J connectivity index is 1.49. The molecule has 10 bridgehead atoms. The van der Waals surface area contributed by atoms with Crippen LogP contribution in [0.2, 0.25) is 0 Å². The van der Waals surface area contributed by atoms with Crippen molar-refractivity contribution in [3.63, 3.8) is 0 Å². The van der Waals surface area contributed by atoms with Crippen molar-refractivity contribution in [2.75, 3.05) is 231 Å². The van der Waals surface area contributed by atoms with E-state index < -0.39 is 59.1 Å². The quantitative estimate of drug-likeness (QED) is 0.0197. The Kier molecular flexibility index (Phi) is 49.0. The molecule has 3 atom stereocenters. The topological polar surface area (TPSA) is 364 Å². The van der Waals surface area contributed by atoms with Crippen LogP contribution in [0.4, 0.5) is 4.79 Å². The van der Waals surface area contributed by atoms with Gasteiger partial charge in [-0.3, -0.25) is 58.0 Å². The third kappa shape index (κ3) is 38.1. The molecular formula is C89H138N12O20. The Bertz CT molecular complexity index is 3770. The van der Waals surface area contributed by atoms with Gasteiger partial charge in [0.1, 0.15) is 28.6 Å². The van der Waals surface area contributed by atoms with Gasteiger partial charge >= 0.3 is 6.09 Å². The molecule has 0 spiro atoms. The highest BCUT2D eigenvalue weighted by Crippen LogP contribution is 2.30. The van der Waals surface area contributed by atoms with Crippen molar-refractivity contribution in [1.29, 1.82) is 0 Å². The Morgan fingerprint density at radius 1 is 0.380 bits per heavy atom. The predicted octanol–water partition coefficient (Wildman–Crippen LogP) is 7.84. The van der Waals surface area contributed by atoms with Crippen molar-refractivity contribution < 1.29 is 95.3 Å². The summed E-state index contributed by atoms with van der Waals surface area (Å²) in [7, 11) is 3.20. The molecule has 121 heavy (non-hydrogen) atoms. The first kappa shape index (κ1) is 101. The second kappa shape index (κ2) is 58.8. The van der Waals surface area contributed by atoms with Gasteiger partial charge in [0.15, 0.2) is 5.78 Å². The highest BCUT2D eigenvalue weighted by Gasteiger charge is 2.30. The number of hydrogen-bond donors (Lipinski definition) is 8. The highest BCUT2D eigenvalue weighted by atomic mass is 16.6. The number of Topliss-reactive ketones (excluding diaryl/α,β-unsaturated/α-hetero) is 1. The van der Waals surface area contributed by atoms with Crippen molar-refractivity contribution in [1.82, 2.24) is 62.1 Å². The molecule has 0 fully saturated rings. The normalized spacial score (nSPS) is 17.5. The van der Waals surface area contributed by atoms with Crippen LogP contribution >= 0.6 is 0 Å². The molecule has 2 aliphatic heterocycles. The lowest BCUT2D eigenvalue weighted by molar-refractivity contribution is 0.0196. The van der Waals surface area contributed by atoms with Crippen molar-refractivity contribution in [2.24, 2.45) is 0 Å². The lowest BCUT2D eigenvalue weighted by Crippen LogP contribution is -2.48. The Hall–Kier alpha value is -9.09. The number of hydrogen-bond acceptors (Lipinski definition) is 24. The van der Waals surface area contributed by atoms with Crippen LogP contribution in [0.5, 0.6) is 23.0 Å². The number of methoxy groups -OCH3 is 2. The minimum atomic E-state index is -0.741. The van der Waals surface area contributed by atoms with E-state index in [9.17, 15) is 33.6 Å². The van der Waals surface area contributed by atoms with Crippen LogP contribution in [0.25, 0.3) is 0 Å². The zero-order chi connectivity index (χ0) is 87.3. The molecule has 0 aliphatic carbocycles. The van der Waals surface area contributed by atoms with Gasteiger partial charge in [-0.15, -0.1) is 0 Å². The first-order valence-corrected chi connectivity index (χ1v) is 43.5. The molecule has 32 heteroatoms. The number of rotatable bonds is 39. The van der Waals surface area contributed by atoms with Crippen molar-refractivity contribution >= 4 is 53.2 Å². The number of nitrogens with zero attached hydrogens (tertiary/aromatic N) is 4. The van der Waals surface area contributed by atoms with Crippen molar-refractivity contribution in [3.05, 3.63) is 117 Å². The summed E-state index contributed by atoms with van der Waals surface area (Å²) < 4.78 is 64.6. The molecule has 8 N–H and O–H groups in total. The first-order valence-electron chi connectivity index (χ1n) is 43.5. The summed E-state index contributed by atoms with van der Waals surface area (Å²) in [5.74, 6) is -3.35. The average molecular weight is 1700 g/mol. The molecule has 0 saturated heterocycles. The third-order valence-electron chi connectivity index (χ3n) is 19.9. The number of carbonyl (C=O) groups excluding carboxylic acids is 9. The van der Waals surface area contributed by atoms with E-state index in [-0.39, 0.29) is 191 Å². The summed E-state index contributed by atoms with van der Waals surface area (Å²) >= 11 is 0. The van der Waals surface area contributed by atoms with Gasteiger partial charge in [0.2, 0.25) is 0 Å². The number of benzene rings is 4. The number of fused-ring (bicyclic) bond motifs is 11. The smallest absolute Gasteiger partial charge is 0.407 e. The van der Waals surface area contributed by atoms with Gasteiger partial charge in [-0.1, -0.05) is 77.6 Å². The van der Waals surface area contributed by atoms with E-state index in [4.69, 9.17) is 52.1 Å². The number of ether oxygens (including phenoxy) is 11. The molecule has 6 rings (SSSR count). The Morgan fingerprint density at radius 3 is 1.06 bits per heavy atom. The van der Waals surface area contributed by atoms with Crippen LogP contribution in [0.3, 0.4) is 0 Å². The Labute approximate surface area is 715 Å². The van der Waals surface area contributed by atoms with Gasteiger partial charge in [-0.2, -0.15) is 0 Å². The lowest BCUT2D eigenvalue weighted by Gasteiger charge is -2.31. The minimum absolute atomic E-state index is 0.0551. The maximum absolute atomic E-state index is 15.5. The second-order valence-electron chi connectivity index (χ2n) is 30.6. The van der Waals surface area contributed by atoms with Gasteiger partial charge in [0, 0.05) is 151 Å². The molecule has 8 amide bonds. The molecule has 2 heterocycles. The number of carbonyl (C=O) groups is 9. The average Bonchev–Trinajstić information content (AvgIpc) is 0.853. The summed E-state index contributed by atoms with van der Waals surface area (Å²) in [6, 6.07) is 18.8. The summed E-state index contributed by atoms with van der Waals surface area (Å²) in [6.07, 6.45) is 6.23. The number of para-hydroxylation sites is 4. The lowest BCUT2D eigenvalue weighted by atomic mass is 10.0. The molecule has 4 aromatic rings. The molecule has 2 aliphatic rings. The summed E-state index contributed by atoms with van der Waals surface area (Å²) in [5, 5.41) is 24.6. The first-order chi connectivity index (χ1) is 58.7. The molecule has 0 saturated carbocycles. The van der Waals surface area contributed by atoms with Gasteiger partial charge in [-0.05, 0) is 114 Å². The maximum atomic E-state index is 15.5. The van der Waals surface area contributed by atoms with Crippen LogP contribution < -0.4 is 61.5 Å². The van der Waals surface area contributed by atoms with E-state index in [0.29, 0.717) is 150 Å². The maximum Gasteiger partial charge on any atom is 0.407 e. The molecule has 32 nitrogen and oxygen atoms in total. The Morgan fingerprint density at radius 2 is 0.702 bits per heavy atom. The van der Waals surface area contributed by atoms with Gasteiger partial charge in [0.25, 0.3) is 41.4 Å². The van der Waals surface area contributed by atoms with Gasteiger partial charge < -0.3 is 94.6 Å². The second-order valence-corrected chi connectivity index (χ2v) is 30.6. The summed E-state index contributed by atoms with van der Waals surface area (Å²) in [4.78, 5) is 140. The number of ketones is 1. The van der Waals surface area contributed by atoms with Crippen LogP contribution in [-0.2, 0) is 33.2 Å². The largest absolute Gasteiger partial charge is 0.492 e. The van der Waals surface area contributed by atoms with Crippen molar-refractivity contribution in [2.45, 2.75) is 137 Å². The van der Waals surface area contributed by atoms with Crippen LogP contribution in [-0.4, -0.2) is 316 Å². The summed E-state index contributed by atoms with van der Waals surface area (Å²) in [6.45, 7) is 22.2. The summed E-state index contributed by atoms with van der Waals surface area (Å²) in [5.41, 5.74) is 0.439. The van der Waals surface area contributed by atoms with Crippen LogP contribution in [0.15, 0.2) is 72.8 Å². The standard InChI is InChI=1S/C89H138N12O20/c1-10-14-52-117-77-68-25-20-26-69(77)81(103)92-37-44-99(50-56-113-62-64-115-60-58-111-8)45-38-93-84(106)72-29-21-27-70(78(72)118-53-15-11-2)82(104)90-35-42-98-43-36-91-83(105)71-28-22-30-73(79(71)119-54-16-12-3)85(107)94-39-46-100(51-57-114-63-65-116-61-59-112-9)47-40-95-86(108)74-31-23-32-75(80(74)120-55-17-13-4)87(109)97-67(66-101(49-48-98)41-33-76(68)102)24-18-19-34-96-88(110)121-89(5,6)7/h20-23,25-32,67H,10-19,24,33-66H2,1-9H3,(H,90,104)(H,91,105)(H,92,103)(H,93,106)(H,94,107)(H,95,108)(H,96,110)(H,97,109). The van der Waals surface area contributed by atoms with Gasteiger partial charge in [0.05, 0.1) is 137 Å². The van der Waals surface area contributed by atoms with E-state index >= 15 is 9.59 Å². The predicted molar refractivity (Wildman–Crippen MR) is 462 cm³/mol. The monoisotopic (exact) mass is 1700 g/mol. The van der Waals surface area contributed by atoms with E-state index in [1.165, 1.54) is 0 Å². The zero-order valence-corrected chi connectivity index (χ0v) is 73.3. The molecule has 0 aromatic heterocycles. The number of nitrogens with one attached hydrogen (secondary N) is 8. The molecule has 3 unspecified atom stereocenters. The van der Waals surface area contributed by atoms with Crippen LogP contribution in [0, 0.1) is 0 Å². The minimum Gasteiger partial charge on any atom is -0.492 e. The fraction of sp³-hybridized carbons (Fsp3) is 0.629. The molecule has 674 valence electrons. The third-order valence-corrected chi connectivity index (χ3v) is 19.9. The molecule has 0 radical (unpaired) electrons. The SMILES string of the molecule is CCCCOc1c2cccc1C(=O)NCCN(CCOCCOCCOC)CCNC(=O)c1cccc(c1OCCCC)C(=O)NCCN1CCNC(=O)c3cccc(c3OCCCC)C(=O)NCCN(CCOCCOCCOC)CCNC(=O)c3cccc(c3OCCCC)C(=O)NC(CCCCNC(=O)OC(C)(C)C)CN(CCC2=O)CC1. The van der Waals surface area contributed by atoms with Crippen LogP contribution in [0.1, 0.15) is 208 Å². The van der Waals surface area contributed by atoms with E-state index in [1.807, 2.05) is 42.4 Å². The molecule has 4 aromatic carbocycles. The number of unbranched alkanes of at least 4 members (excludes halogenated alkanes) is 5. The number of alkyl carbamates (subject to hydrolysis) is 1. The highest BCUT2D eigenvalue weighted by molar-refractivity contribution is 6.07. The van der Waals surface area contributed by atoms with E-state index in [1.54, 1.807) is 108 Å². The molecular weight excluding hydrogens is 1560 g/mol.